The summed E-state index contributed by atoms with van der Waals surface area (Å²) in [5.41, 5.74) is 3.45. The minimum atomic E-state index is -0.616. The van der Waals surface area contributed by atoms with Gasteiger partial charge in [-0.3, -0.25) is 19.8 Å². The van der Waals surface area contributed by atoms with Gasteiger partial charge in [0.15, 0.2) is 11.6 Å². The van der Waals surface area contributed by atoms with Crippen LogP contribution in [-0.2, 0) is 22.3 Å². The Morgan fingerprint density at radius 3 is 1.85 bits per heavy atom. The van der Waals surface area contributed by atoms with Gasteiger partial charge in [-0.2, -0.15) is 0 Å². The van der Waals surface area contributed by atoms with E-state index in [-0.39, 0.29) is 11.6 Å². The third-order valence-electron chi connectivity index (χ3n) is 7.30. The summed E-state index contributed by atoms with van der Waals surface area (Å²) in [7, 11) is 0. The van der Waals surface area contributed by atoms with Gasteiger partial charge >= 0.3 is 12.2 Å². The third-order valence-corrected chi connectivity index (χ3v) is 7.30. The number of ketones is 2. The highest BCUT2D eigenvalue weighted by atomic mass is 16.6. The van der Waals surface area contributed by atoms with Crippen molar-refractivity contribution in [2.75, 3.05) is 10.2 Å². The number of nitrogens with zero attached hydrogens (tertiary/aromatic N) is 1. The lowest BCUT2D eigenvalue weighted by Crippen LogP contribution is -2.45. The van der Waals surface area contributed by atoms with Crippen LogP contribution >= 0.6 is 0 Å². The molecule has 1 aliphatic rings. The van der Waals surface area contributed by atoms with Crippen LogP contribution in [0.15, 0.2) is 109 Å². The first kappa shape index (κ1) is 35.6. The molecule has 48 heavy (non-hydrogen) atoms. The minimum Gasteiger partial charge on any atom is -0.444 e. The number of Topliss-reactive ketones (excluding diaryl/α,β-unsaturated/α-hetero) is 2. The summed E-state index contributed by atoms with van der Waals surface area (Å²) in [5.74, 6) is 0.0142. The summed E-state index contributed by atoms with van der Waals surface area (Å²) < 4.78 is 10.8. The number of hydrogen-bond acceptors (Lipinski definition) is 6. The molecule has 0 fully saturated rings. The third kappa shape index (κ3) is 10.1. The maximum atomic E-state index is 12.9. The number of carbonyl (C=O) groups is 4. The summed E-state index contributed by atoms with van der Waals surface area (Å²) in [6.45, 7) is 10.9. The van der Waals surface area contributed by atoms with Crippen molar-refractivity contribution in [2.24, 2.45) is 0 Å². The molecule has 8 nitrogen and oxygen atoms in total. The van der Waals surface area contributed by atoms with Crippen molar-refractivity contribution in [1.29, 1.82) is 0 Å². The van der Waals surface area contributed by atoms with E-state index >= 15 is 0 Å². The van der Waals surface area contributed by atoms with Gasteiger partial charge in [-0.15, -0.1) is 0 Å². The van der Waals surface area contributed by atoms with Gasteiger partial charge < -0.3 is 9.47 Å². The van der Waals surface area contributed by atoms with E-state index in [9.17, 15) is 19.2 Å². The first-order valence-electron chi connectivity index (χ1n) is 16.1. The molecule has 1 N–H and O–H groups in total. The van der Waals surface area contributed by atoms with Crippen molar-refractivity contribution in [2.45, 2.75) is 78.0 Å². The van der Waals surface area contributed by atoms with Crippen LogP contribution in [0.2, 0.25) is 0 Å². The number of carbonyl (C=O) groups excluding carboxylic acids is 4. The average molecular weight is 649 g/mol. The van der Waals surface area contributed by atoms with Crippen molar-refractivity contribution in [3.63, 3.8) is 0 Å². The SMILES string of the molecule is CC(C)(C)OC(=O)N1c2ccccc2CC1C(=O)c1ccccc1.CC(C)(C)OC(=O)Nc1ccccc1CCC(=O)c1ccccc1. The molecule has 1 atom stereocenters. The van der Waals surface area contributed by atoms with Crippen LogP contribution in [0.5, 0.6) is 0 Å². The van der Waals surface area contributed by atoms with Crippen LogP contribution in [0.25, 0.3) is 0 Å². The number of para-hydroxylation sites is 2. The second-order valence-electron chi connectivity index (χ2n) is 13.5. The molecule has 250 valence electrons. The smallest absolute Gasteiger partial charge is 0.415 e. The van der Waals surface area contributed by atoms with Crippen molar-refractivity contribution >= 4 is 35.1 Å². The summed E-state index contributed by atoms with van der Waals surface area (Å²) in [6.07, 6.45) is 0.464. The predicted octanol–water partition coefficient (Wildman–Crippen LogP) is 9.08. The molecule has 0 saturated carbocycles. The highest BCUT2D eigenvalue weighted by Crippen LogP contribution is 2.34. The summed E-state index contributed by atoms with van der Waals surface area (Å²) >= 11 is 0. The number of hydrogen-bond donors (Lipinski definition) is 1. The maximum Gasteiger partial charge on any atom is 0.415 e. The maximum absolute atomic E-state index is 12.9. The second kappa shape index (κ2) is 15.6. The first-order valence-corrected chi connectivity index (χ1v) is 16.1. The summed E-state index contributed by atoms with van der Waals surface area (Å²) in [4.78, 5) is 51.3. The number of rotatable bonds is 7. The Morgan fingerprint density at radius 2 is 1.23 bits per heavy atom. The molecule has 1 unspecified atom stereocenters. The van der Waals surface area contributed by atoms with Crippen LogP contribution < -0.4 is 10.2 Å². The fraction of sp³-hybridized carbons (Fsp3) is 0.300. The van der Waals surface area contributed by atoms with Gasteiger partial charge in [0.1, 0.15) is 17.2 Å². The number of nitrogens with one attached hydrogen (secondary N) is 1. The van der Waals surface area contributed by atoms with Crippen molar-refractivity contribution in [3.05, 3.63) is 131 Å². The molecule has 1 aliphatic heterocycles. The highest BCUT2D eigenvalue weighted by Gasteiger charge is 2.40. The topological polar surface area (TPSA) is 102 Å². The molecule has 4 aromatic carbocycles. The number of ether oxygens (including phenoxy) is 2. The second-order valence-corrected chi connectivity index (χ2v) is 13.5. The molecule has 0 spiro atoms. The van der Waals surface area contributed by atoms with Gasteiger partial charge in [0.25, 0.3) is 0 Å². The zero-order valence-corrected chi connectivity index (χ0v) is 28.5. The van der Waals surface area contributed by atoms with Gasteiger partial charge in [0.05, 0.1) is 5.69 Å². The zero-order valence-electron chi connectivity index (χ0n) is 28.5. The predicted molar refractivity (Wildman–Crippen MR) is 189 cm³/mol. The molecule has 0 aliphatic carbocycles. The van der Waals surface area contributed by atoms with Crippen LogP contribution in [0.1, 0.15) is 79.8 Å². The summed E-state index contributed by atoms with van der Waals surface area (Å²) in [6, 6.07) is 32.8. The monoisotopic (exact) mass is 648 g/mol. The van der Waals surface area contributed by atoms with Gasteiger partial charge in [0, 0.05) is 29.7 Å². The van der Waals surface area contributed by atoms with Crippen molar-refractivity contribution in [1.82, 2.24) is 0 Å². The number of fused-ring (bicyclic) bond motifs is 1. The fourth-order valence-corrected chi connectivity index (χ4v) is 5.22. The van der Waals surface area contributed by atoms with E-state index in [1.165, 1.54) is 4.90 Å². The van der Waals surface area contributed by atoms with E-state index in [0.29, 0.717) is 36.1 Å². The van der Waals surface area contributed by atoms with E-state index in [2.05, 4.69) is 5.32 Å². The Labute approximate surface area is 283 Å². The van der Waals surface area contributed by atoms with E-state index in [1.807, 2.05) is 139 Å². The van der Waals surface area contributed by atoms with Crippen molar-refractivity contribution < 1.29 is 28.7 Å². The number of anilines is 2. The molecule has 0 bridgehead atoms. The molecule has 2 amide bonds. The standard InChI is InChI=1S/C20H21NO3.C20H23NO3/c1-20(2,3)24-19(23)21-16-12-8-7-11-15(16)13-17(21)18(22)14-9-5-4-6-10-14;1-20(2,3)24-19(23)21-17-12-8-7-9-15(17)13-14-18(22)16-10-5-4-6-11-16/h4-12,17H,13H2,1-3H3;4-12H,13-14H2,1-3H3,(H,21,23). The Hall–Kier alpha value is -5.24. The number of amides is 2. The van der Waals surface area contributed by atoms with Crippen LogP contribution in [0.3, 0.4) is 0 Å². The summed E-state index contributed by atoms with van der Waals surface area (Å²) in [5, 5.41) is 2.76. The van der Waals surface area contributed by atoms with Crippen LogP contribution in [0.4, 0.5) is 21.0 Å². The van der Waals surface area contributed by atoms with Gasteiger partial charge in [-0.1, -0.05) is 97.1 Å². The lowest BCUT2D eigenvalue weighted by Gasteiger charge is -2.28. The van der Waals surface area contributed by atoms with E-state index in [4.69, 9.17) is 9.47 Å². The molecule has 8 heteroatoms. The molecule has 4 aromatic rings. The molecule has 1 heterocycles. The minimum absolute atomic E-state index is 0.0716. The molecule has 0 saturated heterocycles. The van der Waals surface area contributed by atoms with E-state index in [0.717, 1.165) is 16.8 Å². The molecule has 5 rings (SSSR count). The Kier molecular flexibility index (Phi) is 11.5. The van der Waals surface area contributed by atoms with Gasteiger partial charge in [0.2, 0.25) is 0 Å². The number of aryl methyl sites for hydroxylation is 1. The lowest BCUT2D eigenvalue weighted by atomic mass is 10.0. The lowest BCUT2D eigenvalue weighted by molar-refractivity contribution is 0.0558. The normalized spacial score (nSPS) is 13.8. The Bertz CT molecular complexity index is 1720. The first-order chi connectivity index (χ1) is 22.7. The number of benzene rings is 4. The van der Waals surface area contributed by atoms with Crippen LogP contribution in [-0.4, -0.2) is 41.0 Å². The molecular weight excluding hydrogens is 604 g/mol. The fourth-order valence-electron chi connectivity index (χ4n) is 5.22. The highest BCUT2D eigenvalue weighted by molar-refractivity contribution is 6.08. The van der Waals surface area contributed by atoms with Crippen LogP contribution in [0, 0.1) is 0 Å². The van der Waals surface area contributed by atoms with Gasteiger partial charge in [-0.25, -0.2) is 9.59 Å². The van der Waals surface area contributed by atoms with Gasteiger partial charge in [-0.05, 0) is 71.2 Å². The van der Waals surface area contributed by atoms with Crippen molar-refractivity contribution in [3.8, 4) is 0 Å². The quantitative estimate of drug-likeness (QED) is 0.201. The van der Waals surface area contributed by atoms with E-state index < -0.39 is 29.4 Å². The zero-order chi connectivity index (χ0) is 34.9. The molecular formula is C40H44N2O6. The molecule has 0 radical (unpaired) electrons. The average Bonchev–Trinajstić information content (AvgIpc) is 3.43. The largest absolute Gasteiger partial charge is 0.444 e. The Morgan fingerprint density at radius 1 is 0.688 bits per heavy atom. The van der Waals surface area contributed by atoms with E-state index in [1.54, 1.807) is 12.1 Å². The molecule has 0 aromatic heterocycles. The Balaban J connectivity index is 0.000000217.